The number of amides is 2. The van der Waals surface area contributed by atoms with Crippen molar-refractivity contribution in [3.05, 3.63) is 77.1 Å². The van der Waals surface area contributed by atoms with Crippen molar-refractivity contribution < 1.29 is 23.5 Å². The van der Waals surface area contributed by atoms with E-state index in [4.69, 9.17) is 25.2 Å². The normalized spacial score (nSPS) is 20.2. The van der Waals surface area contributed by atoms with E-state index in [2.05, 4.69) is 5.32 Å². The summed E-state index contributed by atoms with van der Waals surface area (Å²) in [5.41, 5.74) is 9.61. The lowest BCUT2D eigenvalue weighted by Crippen LogP contribution is -2.40. The minimum Gasteiger partial charge on any atom is -0.493 e. The number of methoxy groups -OCH3 is 1. The second kappa shape index (κ2) is 9.82. The first-order valence-corrected chi connectivity index (χ1v) is 14.3. The maximum atomic E-state index is 13.8. The number of nitrogens with two attached hydrogens (primary N) is 1. The average Bonchev–Trinajstić information content (AvgIpc) is 3.93. The van der Waals surface area contributed by atoms with E-state index >= 15 is 0 Å². The van der Waals surface area contributed by atoms with Crippen LogP contribution in [0.4, 0.5) is 4.39 Å². The number of nitrogens with zero attached hydrogens (tertiary/aromatic N) is 3. The van der Waals surface area contributed by atoms with Crippen molar-refractivity contribution in [1.82, 2.24) is 19.7 Å². The monoisotopic (exact) mass is 569 g/mol. The second-order valence-electron chi connectivity index (χ2n) is 11.9. The molecule has 42 heavy (non-hydrogen) atoms. The fourth-order valence-corrected chi connectivity index (χ4v) is 5.85. The Hall–Kier alpha value is -4.47. The van der Waals surface area contributed by atoms with E-state index < -0.39 is 11.3 Å². The highest BCUT2D eigenvalue weighted by atomic mass is 19.1. The molecule has 1 aliphatic heterocycles. The molecular formula is C32H32FN5O4. The lowest BCUT2D eigenvalue weighted by Gasteiger charge is -2.22. The summed E-state index contributed by atoms with van der Waals surface area (Å²) in [4.78, 5) is 35.7. The number of hydrogen-bond donors (Lipinski definition) is 2. The number of pyridine rings is 2. The van der Waals surface area contributed by atoms with Gasteiger partial charge in [0.1, 0.15) is 29.3 Å². The predicted molar refractivity (Wildman–Crippen MR) is 153 cm³/mol. The molecule has 216 valence electrons. The standard InChI is InChI=1S/C32H32FN5O4/c1-32(31(34)40)16-42-28-23(32)12-24(36-27(28)19-7-9-21(33)10-8-19)22(17-3-4-17)13-35-30(39)20-11-26(41-2)29-37-25(18-5-6-18)15-38(29)14-20/h7-12,14-15,17-18,22H,3-6,13,16H2,1-2H3,(H2,34,40)(H,35,39)/t22-,32-/m0/s1. The molecule has 9 nitrogen and oxygen atoms in total. The molecule has 7 rings (SSSR count). The van der Waals surface area contributed by atoms with Crippen LogP contribution in [-0.2, 0) is 10.2 Å². The van der Waals surface area contributed by atoms with Crippen LogP contribution in [0.1, 0.15) is 71.8 Å². The number of ether oxygens (including phenoxy) is 2. The van der Waals surface area contributed by atoms with Gasteiger partial charge < -0.3 is 24.9 Å². The topological polar surface area (TPSA) is 121 Å². The maximum absolute atomic E-state index is 13.8. The first-order valence-electron chi connectivity index (χ1n) is 14.3. The minimum atomic E-state index is -1.03. The summed E-state index contributed by atoms with van der Waals surface area (Å²) in [5.74, 6) is 0.651. The van der Waals surface area contributed by atoms with Crippen LogP contribution in [0.2, 0.25) is 0 Å². The highest BCUT2D eigenvalue weighted by molar-refractivity contribution is 5.95. The molecule has 2 saturated carbocycles. The molecule has 0 spiro atoms. The lowest BCUT2D eigenvalue weighted by molar-refractivity contribution is -0.123. The smallest absolute Gasteiger partial charge is 0.252 e. The van der Waals surface area contributed by atoms with Crippen molar-refractivity contribution in [2.45, 2.75) is 49.9 Å². The number of carbonyl (C=O) groups excluding carboxylic acids is 2. The summed E-state index contributed by atoms with van der Waals surface area (Å²) < 4.78 is 27.2. The summed E-state index contributed by atoms with van der Waals surface area (Å²) in [5, 5.41) is 3.11. The van der Waals surface area contributed by atoms with Gasteiger partial charge in [-0.15, -0.1) is 0 Å². The summed E-state index contributed by atoms with van der Waals surface area (Å²) in [7, 11) is 1.58. The molecule has 10 heteroatoms. The second-order valence-corrected chi connectivity index (χ2v) is 11.9. The van der Waals surface area contributed by atoms with E-state index in [9.17, 15) is 14.0 Å². The largest absolute Gasteiger partial charge is 0.493 e. The number of hydrogen-bond acceptors (Lipinski definition) is 6. The lowest BCUT2D eigenvalue weighted by atomic mass is 9.82. The highest BCUT2D eigenvalue weighted by Gasteiger charge is 2.45. The van der Waals surface area contributed by atoms with Crippen molar-refractivity contribution >= 4 is 17.5 Å². The Morgan fingerprint density at radius 2 is 1.93 bits per heavy atom. The average molecular weight is 570 g/mol. The Bertz CT molecular complexity index is 1730. The fourth-order valence-electron chi connectivity index (χ4n) is 5.85. The maximum Gasteiger partial charge on any atom is 0.252 e. The van der Waals surface area contributed by atoms with Crippen LogP contribution in [-0.4, -0.2) is 46.4 Å². The third-order valence-electron chi connectivity index (χ3n) is 8.82. The van der Waals surface area contributed by atoms with Crippen LogP contribution in [0.15, 0.2) is 48.8 Å². The molecule has 4 heterocycles. The van der Waals surface area contributed by atoms with Gasteiger partial charge in [-0.25, -0.2) is 14.4 Å². The number of imidazole rings is 1. The van der Waals surface area contributed by atoms with Crippen LogP contribution in [0.25, 0.3) is 16.9 Å². The first kappa shape index (κ1) is 26.4. The van der Waals surface area contributed by atoms with Gasteiger partial charge in [0.2, 0.25) is 5.91 Å². The van der Waals surface area contributed by atoms with Gasteiger partial charge in [0, 0.05) is 47.6 Å². The van der Waals surface area contributed by atoms with Crippen LogP contribution >= 0.6 is 0 Å². The first-order chi connectivity index (χ1) is 20.2. The van der Waals surface area contributed by atoms with Gasteiger partial charge in [0.15, 0.2) is 11.4 Å². The number of carbonyl (C=O) groups is 2. The number of benzene rings is 1. The Morgan fingerprint density at radius 3 is 2.60 bits per heavy atom. The molecule has 2 fully saturated rings. The number of halogens is 1. The van der Waals surface area contributed by atoms with Gasteiger partial charge in [0.05, 0.1) is 18.4 Å². The Balaban J connectivity index is 1.21. The van der Waals surface area contributed by atoms with E-state index in [1.54, 1.807) is 38.4 Å². The zero-order valence-corrected chi connectivity index (χ0v) is 23.5. The zero-order valence-electron chi connectivity index (χ0n) is 23.5. The molecule has 2 amide bonds. The van der Waals surface area contributed by atoms with Crippen LogP contribution in [0.3, 0.4) is 0 Å². The molecule has 3 aromatic heterocycles. The summed E-state index contributed by atoms with van der Waals surface area (Å²) in [6, 6.07) is 9.65. The van der Waals surface area contributed by atoms with Crippen molar-refractivity contribution in [2.75, 3.05) is 20.3 Å². The van der Waals surface area contributed by atoms with E-state index in [0.717, 1.165) is 37.1 Å². The molecule has 3 N–H and O–H groups in total. The summed E-state index contributed by atoms with van der Waals surface area (Å²) in [6.45, 7) is 2.22. The Morgan fingerprint density at radius 1 is 1.17 bits per heavy atom. The van der Waals surface area contributed by atoms with Crippen LogP contribution < -0.4 is 20.5 Å². The number of primary amides is 1. The quantitative estimate of drug-likeness (QED) is 0.307. The van der Waals surface area contributed by atoms with Gasteiger partial charge >= 0.3 is 0 Å². The van der Waals surface area contributed by atoms with E-state index in [-0.39, 0.29) is 24.2 Å². The van der Waals surface area contributed by atoms with Gasteiger partial charge in [-0.2, -0.15) is 0 Å². The molecule has 2 aliphatic carbocycles. The third kappa shape index (κ3) is 4.55. The molecule has 0 saturated heterocycles. The molecule has 2 atom stereocenters. The predicted octanol–water partition coefficient (Wildman–Crippen LogP) is 4.48. The van der Waals surface area contributed by atoms with Crippen molar-refractivity contribution in [3.8, 4) is 22.8 Å². The molecule has 0 bridgehead atoms. The molecule has 0 unspecified atom stereocenters. The zero-order chi connectivity index (χ0) is 29.2. The Labute approximate surface area is 242 Å². The number of fused-ring (bicyclic) bond motifs is 2. The van der Waals surface area contributed by atoms with Crippen LogP contribution in [0.5, 0.6) is 11.5 Å². The van der Waals surface area contributed by atoms with Gasteiger partial charge in [-0.1, -0.05) is 0 Å². The third-order valence-corrected chi connectivity index (χ3v) is 8.82. The Kier molecular flexibility index (Phi) is 6.18. The molecule has 3 aliphatic rings. The fraction of sp³-hybridized carbons (Fsp3) is 0.375. The van der Waals surface area contributed by atoms with E-state index in [0.29, 0.717) is 57.9 Å². The number of aromatic nitrogens is 3. The summed E-state index contributed by atoms with van der Waals surface area (Å²) in [6.07, 6.45) is 8.04. The molecule has 1 aromatic carbocycles. The van der Waals surface area contributed by atoms with E-state index in [1.165, 1.54) is 12.1 Å². The minimum absolute atomic E-state index is 0.100. The van der Waals surface area contributed by atoms with E-state index in [1.807, 2.05) is 16.7 Å². The SMILES string of the molecule is COc1cc(C(=O)NC[C@H](c2cc3c(c(-c4ccc(F)cc4)n2)OC[C@]3(C)C(N)=O)C2CC2)cn2cc(C3CC3)nc12. The summed E-state index contributed by atoms with van der Waals surface area (Å²) >= 11 is 0. The van der Waals surface area contributed by atoms with Gasteiger partial charge in [-0.05, 0) is 74.9 Å². The van der Waals surface area contributed by atoms with Crippen molar-refractivity contribution in [2.24, 2.45) is 11.7 Å². The van der Waals surface area contributed by atoms with Gasteiger partial charge in [-0.3, -0.25) is 9.59 Å². The van der Waals surface area contributed by atoms with Gasteiger partial charge in [0.25, 0.3) is 5.91 Å². The van der Waals surface area contributed by atoms with Crippen LogP contribution in [0, 0.1) is 11.7 Å². The number of nitrogens with one attached hydrogen (secondary N) is 1. The number of rotatable bonds is 9. The van der Waals surface area contributed by atoms with Crippen molar-refractivity contribution in [1.29, 1.82) is 0 Å². The molecular weight excluding hydrogens is 537 g/mol. The molecule has 4 aromatic rings. The molecule has 0 radical (unpaired) electrons. The highest BCUT2D eigenvalue weighted by Crippen LogP contribution is 2.48. The van der Waals surface area contributed by atoms with Crippen molar-refractivity contribution in [3.63, 3.8) is 0 Å².